The Bertz CT molecular complexity index is 222. The molecule has 1 heterocycles. The number of thiocarbonyl (C=S) groups is 1. The second-order valence-corrected chi connectivity index (χ2v) is 5.07. The van der Waals surface area contributed by atoms with Crippen LogP contribution in [0.4, 0.5) is 0 Å². The first-order valence-corrected chi connectivity index (χ1v) is 5.25. The van der Waals surface area contributed by atoms with Crippen molar-refractivity contribution < 1.29 is 9.00 Å². The van der Waals surface area contributed by atoms with E-state index in [-0.39, 0.29) is 11.7 Å². The van der Waals surface area contributed by atoms with E-state index in [1.807, 2.05) is 0 Å². The van der Waals surface area contributed by atoms with Crippen molar-refractivity contribution in [2.45, 2.75) is 19.8 Å². The maximum atomic E-state index is 11.0. The molecule has 1 aliphatic heterocycles. The first-order valence-electron chi connectivity index (χ1n) is 3.53. The minimum absolute atomic E-state index is 0.0419. The van der Waals surface area contributed by atoms with Gasteiger partial charge in [0.2, 0.25) is 0 Å². The molecule has 0 N–H and O–H groups in total. The Morgan fingerprint density at radius 3 is 2.82 bits per heavy atom. The lowest BCUT2D eigenvalue weighted by Crippen LogP contribution is -2.26. The van der Waals surface area contributed by atoms with Gasteiger partial charge in [0.05, 0.1) is 15.0 Å². The quantitative estimate of drug-likeness (QED) is 0.580. The lowest BCUT2D eigenvalue weighted by atomic mass is 9.99. The molecule has 0 saturated carbocycles. The van der Waals surface area contributed by atoms with Crippen LogP contribution in [0.1, 0.15) is 19.8 Å². The van der Waals surface area contributed by atoms with Crippen LogP contribution in [0, 0.1) is 5.92 Å². The highest BCUT2D eigenvalue weighted by atomic mass is 32.2. The van der Waals surface area contributed by atoms with Gasteiger partial charge in [-0.15, -0.1) is 0 Å². The average molecular weight is 190 g/mol. The average Bonchev–Trinajstić information content (AvgIpc) is 1.94. The van der Waals surface area contributed by atoms with Gasteiger partial charge >= 0.3 is 0 Å². The first kappa shape index (κ1) is 9.00. The summed E-state index contributed by atoms with van der Waals surface area (Å²) in [5, 5.41) is 0. The molecule has 0 radical (unpaired) electrons. The zero-order chi connectivity index (χ0) is 8.43. The molecule has 1 rings (SSSR count). The molecule has 1 saturated heterocycles. The van der Waals surface area contributed by atoms with Crippen molar-refractivity contribution in [1.29, 1.82) is 0 Å². The summed E-state index contributed by atoms with van der Waals surface area (Å²) in [4.78, 5) is 10.9. The first-order chi connectivity index (χ1) is 5.11. The standard InChI is InChI=1S/C7H10O2S2/c1-5(8)6-2-3-11(9)7(10)4-6/h6H,2-4H2,1H3/t6-,11-/m1/s1. The smallest absolute Gasteiger partial charge is 0.133 e. The van der Waals surface area contributed by atoms with Gasteiger partial charge in [-0.2, -0.15) is 0 Å². The normalized spacial score (nSPS) is 31.9. The predicted octanol–water partition coefficient (Wildman–Crippen LogP) is 1.06. The minimum atomic E-state index is -0.943. The van der Waals surface area contributed by atoms with Gasteiger partial charge in [-0.25, -0.2) is 0 Å². The number of hydrogen-bond acceptors (Lipinski definition) is 3. The van der Waals surface area contributed by atoms with Gasteiger partial charge in [-0.05, 0) is 13.3 Å². The lowest BCUT2D eigenvalue weighted by molar-refractivity contribution is -0.120. The second-order valence-electron chi connectivity index (χ2n) is 2.72. The van der Waals surface area contributed by atoms with Crippen LogP contribution in [0.25, 0.3) is 0 Å². The number of carbonyl (C=O) groups is 1. The van der Waals surface area contributed by atoms with E-state index in [1.165, 1.54) is 0 Å². The number of hydrogen-bond donors (Lipinski definition) is 0. The fraction of sp³-hybridized carbons (Fsp3) is 0.714. The van der Waals surface area contributed by atoms with E-state index in [0.717, 1.165) is 6.42 Å². The van der Waals surface area contributed by atoms with Crippen molar-refractivity contribution in [3.05, 3.63) is 0 Å². The lowest BCUT2D eigenvalue weighted by Gasteiger charge is -2.18. The molecule has 11 heavy (non-hydrogen) atoms. The Morgan fingerprint density at radius 1 is 1.73 bits per heavy atom. The van der Waals surface area contributed by atoms with Gasteiger partial charge in [0, 0.05) is 18.1 Å². The van der Waals surface area contributed by atoms with Crippen LogP contribution in [-0.2, 0) is 15.6 Å². The van der Waals surface area contributed by atoms with Gasteiger partial charge in [-0.1, -0.05) is 12.2 Å². The van der Waals surface area contributed by atoms with Crippen LogP contribution in [0.3, 0.4) is 0 Å². The molecular formula is C7H10O2S2. The molecule has 0 spiro atoms. The highest BCUT2D eigenvalue weighted by molar-refractivity contribution is 8.13. The van der Waals surface area contributed by atoms with Crippen LogP contribution in [0.2, 0.25) is 0 Å². The highest BCUT2D eigenvalue weighted by Crippen LogP contribution is 2.19. The molecule has 1 fully saturated rings. The van der Waals surface area contributed by atoms with Crippen LogP contribution in [-0.4, -0.2) is 19.9 Å². The Morgan fingerprint density at radius 2 is 2.36 bits per heavy atom. The summed E-state index contributed by atoms with van der Waals surface area (Å²) in [5.41, 5.74) is 0. The van der Waals surface area contributed by atoms with E-state index < -0.39 is 10.8 Å². The third kappa shape index (κ3) is 2.17. The van der Waals surface area contributed by atoms with E-state index in [1.54, 1.807) is 6.92 Å². The fourth-order valence-electron chi connectivity index (χ4n) is 1.11. The molecule has 0 unspecified atom stereocenters. The summed E-state index contributed by atoms with van der Waals surface area (Å²) in [6.07, 6.45) is 1.29. The largest absolute Gasteiger partial charge is 0.300 e. The summed E-state index contributed by atoms with van der Waals surface area (Å²) in [6.45, 7) is 1.57. The van der Waals surface area contributed by atoms with Crippen molar-refractivity contribution in [3.8, 4) is 0 Å². The molecule has 1 aliphatic rings. The Labute approximate surface area is 73.8 Å². The molecule has 62 valence electrons. The molecule has 0 aliphatic carbocycles. The Kier molecular flexibility index (Phi) is 2.90. The third-order valence-corrected chi connectivity index (χ3v) is 3.90. The maximum absolute atomic E-state index is 11.0. The maximum Gasteiger partial charge on any atom is 0.133 e. The van der Waals surface area contributed by atoms with E-state index in [0.29, 0.717) is 16.4 Å². The summed E-state index contributed by atoms with van der Waals surface area (Å²) in [6, 6.07) is 0. The van der Waals surface area contributed by atoms with Crippen LogP contribution in [0.5, 0.6) is 0 Å². The van der Waals surface area contributed by atoms with Crippen LogP contribution >= 0.6 is 12.2 Å². The minimum Gasteiger partial charge on any atom is -0.300 e. The molecule has 0 aromatic carbocycles. The zero-order valence-electron chi connectivity index (χ0n) is 6.33. The van der Waals surface area contributed by atoms with Gasteiger partial charge < -0.3 is 0 Å². The Hall–Kier alpha value is -0.0900. The summed E-state index contributed by atoms with van der Waals surface area (Å²) >= 11 is 4.87. The van der Waals surface area contributed by atoms with E-state index >= 15 is 0 Å². The van der Waals surface area contributed by atoms with E-state index in [4.69, 9.17) is 12.2 Å². The molecule has 0 bridgehead atoms. The second kappa shape index (κ2) is 3.54. The highest BCUT2D eigenvalue weighted by Gasteiger charge is 2.24. The van der Waals surface area contributed by atoms with Crippen LogP contribution < -0.4 is 0 Å². The molecule has 2 nitrogen and oxygen atoms in total. The Balaban J connectivity index is 2.60. The monoisotopic (exact) mass is 190 g/mol. The van der Waals surface area contributed by atoms with Crippen LogP contribution in [0.15, 0.2) is 0 Å². The van der Waals surface area contributed by atoms with Crippen molar-refractivity contribution in [2.24, 2.45) is 5.92 Å². The van der Waals surface area contributed by atoms with E-state index in [2.05, 4.69) is 0 Å². The van der Waals surface area contributed by atoms with Crippen molar-refractivity contribution in [1.82, 2.24) is 0 Å². The number of rotatable bonds is 1. The predicted molar refractivity (Wildman–Crippen MR) is 49.0 cm³/mol. The van der Waals surface area contributed by atoms with Crippen molar-refractivity contribution >= 4 is 33.0 Å². The molecule has 0 amide bonds. The van der Waals surface area contributed by atoms with Crippen molar-refractivity contribution in [3.63, 3.8) is 0 Å². The van der Waals surface area contributed by atoms with Crippen molar-refractivity contribution in [2.75, 3.05) is 5.75 Å². The number of ketones is 1. The molecular weight excluding hydrogens is 180 g/mol. The summed E-state index contributed by atoms with van der Waals surface area (Å²) in [7, 11) is -0.943. The zero-order valence-corrected chi connectivity index (χ0v) is 7.96. The molecule has 2 atom stereocenters. The molecule has 0 aromatic heterocycles. The molecule has 0 aromatic rings. The van der Waals surface area contributed by atoms with Gasteiger partial charge in [0.1, 0.15) is 5.78 Å². The SMILES string of the molecule is CC(=O)[C@@H]1CC[S@@](=O)C(=S)C1. The van der Waals surface area contributed by atoms with E-state index in [9.17, 15) is 9.00 Å². The van der Waals surface area contributed by atoms with Gasteiger partial charge in [0.25, 0.3) is 0 Å². The van der Waals surface area contributed by atoms with Gasteiger partial charge in [-0.3, -0.25) is 9.00 Å². The summed E-state index contributed by atoms with van der Waals surface area (Å²) in [5.74, 6) is 0.785. The third-order valence-electron chi connectivity index (χ3n) is 1.89. The summed E-state index contributed by atoms with van der Waals surface area (Å²) < 4.78 is 11.6. The fourth-order valence-corrected chi connectivity index (χ4v) is 2.67. The topological polar surface area (TPSA) is 34.1 Å². The number of Topliss-reactive ketones (excluding diaryl/α,β-unsaturated/α-hetero) is 1. The molecule has 4 heteroatoms. The number of carbonyl (C=O) groups excluding carboxylic acids is 1. The van der Waals surface area contributed by atoms with Gasteiger partial charge in [0.15, 0.2) is 0 Å².